The highest BCUT2D eigenvalue weighted by Gasteiger charge is 1.94. The lowest BCUT2D eigenvalue weighted by Crippen LogP contribution is -2.04. The van der Waals surface area contributed by atoms with Gasteiger partial charge in [0.05, 0.1) is 6.61 Å². The maximum Gasteiger partial charge on any atom is 0.119 e. The first-order valence-corrected chi connectivity index (χ1v) is 6.39. The maximum atomic E-state index is 5.59. The number of nitrogen functional groups attached to an aromatic ring is 1. The van der Waals surface area contributed by atoms with Crippen LogP contribution in [0.4, 0.5) is 5.69 Å². The number of anilines is 1. The van der Waals surface area contributed by atoms with Gasteiger partial charge in [0.1, 0.15) is 5.75 Å². The zero-order chi connectivity index (χ0) is 12.3. The zero-order valence-corrected chi connectivity index (χ0v) is 10.7. The van der Waals surface area contributed by atoms with Crippen molar-refractivity contribution in [3.63, 3.8) is 0 Å². The highest BCUT2D eigenvalue weighted by molar-refractivity contribution is 5.41. The second kappa shape index (κ2) is 8.88. The molecule has 0 aliphatic rings. The van der Waals surface area contributed by atoms with Crippen LogP contribution in [0.5, 0.6) is 5.75 Å². The Kier molecular flexibility index (Phi) is 7.23. The van der Waals surface area contributed by atoms with E-state index < -0.39 is 0 Å². The van der Waals surface area contributed by atoms with Crippen LogP contribution >= 0.6 is 0 Å². The summed E-state index contributed by atoms with van der Waals surface area (Å²) >= 11 is 0. The lowest BCUT2D eigenvalue weighted by molar-refractivity contribution is 0.116. The Morgan fingerprint density at radius 2 is 1.65 bits per heavy atom. The SMILES string of the molecule is CCCCCOCCCOc1ccc(N)cc1. The monoisotopic (exact) mass is 237 g/mol. The van der Waals surface area contributed by atoms with Crippen molar-refractivity contribution >= 4 is 5.69 Å². The number of benzene rings is 1. The second-order valence-electron chi connectivity index (χ2n) is 4.09. The molecule has 3 nitrogen and oxygen atoms in total. The predicted octanol–water partition coefficient (Wildman–Crippen LogP) is 3.24. The van der Waals surface area contributed by atoms with Crippen molar-refractivity contribution in [2.45, 2.75) is 32.6 Å². The average molecular weight is 237 g/mol. The Morgan fingerprint density at radius 1 is 0.941 bits per heavy atom. The number of hydrogen-bond acceptors (Lipinski definition) is 3. The van der Waals surface area contributed by atoms with E-state index in [1.807, 2.05) is 24.3 Å². The van der Waals surface area contributed by atoms with Crippen LogP contribution in [0.25, 0.3) is 0 Å². The average Bonchev–Trinajstić information content (AvgIpc) is 2.35. The van der Waals surface area contributed by atoms with E-state index in [-0.39, 0.29) is 0 Å². The number of rotatable bonds is 9. The van der Waals surface area contributed by atoms with Gasteiger partial charge < -0.3 is 15.2 Å². The largest absolute Gasteiger partial charge is 0.494 e. The first kappa shape index (κ1) is 13.8. The van der Waals surface area contributed by atoms with Gasteiger partial charge in [-0.25, -0.2) is 0 Å². The van der Waals surface area contributed by atoms with Crippen LogP contribution in [0.1, 0.15) is 32.6 Å². The Hall–Kier alpha value is -1.22. The molecule has 0 radical (unpaired) electrons. The van der Waals surface area contributed by atoms with Gasteiger partial charge in [-0.15, -0.1) is 0 Å². The van der Waals surface area contributed by atoms with Crippen LogP contribution in [0.2, 0.25) is 0 Å². The van der Waals surface area contributed by atoms with Crippen molar-refractivity contribution in [2.24, 2.45) is 0 Å². The highest BCUT2D eigenvalue weighted by Crippen LogP contribution is 2.13. The van der Waals surface area contributed by atoms with Crippen molar-refractivity contribution < 1.29 is 9.47 Å². The molecule has 0 fully saturated rings. The van der Waals surface area contributed by atoms with E-state index >= 15 is 0 Å². The van der Waals surface area contributed by atoms with Gasteiger partial charge in [0, 0.05) is 25.3 Å². The summed E-state index contributed by atoms with van der Waals surface area (Å²) in [4.78, 5) is 0. The Morgan fingerprint density at radius 3 is 2.35 bits per heavy atom. The van der Waals surface area contributed by atoms with Crippen LogP contribution in [0.15, 0.2) is 24.3 Å². The second-order valence-corrected chi connectivity index (χ2v) is 4.09. The third kappa shape index (κ3) is 6.84. The summed E-state index contributed by atoms with van der Waals surface area (Å²) in [6.07, 6.45) is 4.58. The lowest BCUT2D eigenvalue weighted by atomic mass is 10.3. The first-order chi connectivity index (χ1) is 8.33. The van der Waals surface area contributed by atoms with Gasteiger partial charge in [0.2, 0.25) is 0 Å². The van der Waals surface area contributed by atoms with Crippen LogP contribution in [0, 0.1) is 0 Å². The Balaban J connectivity index is 1.95. The molecular formula is C14H23NO2. The van der Waals surface area contributed by atoms with Gasteiger partial charge in [0.15, 0.2) is 0 Å². The molecule has 0 aliphatic carbocycles. The molecule has 1 aromatic rings. The fourth-order valence-corrected chi connectivity index (χ4v) is 1.47. The molecule has 0 atom stereocenters. The van der Waals surface area contributed by atoms with Crippen molar-refractivity contribution in [1.29, 1.82) is 0 Å². The van der Waals surface area contributed by atoms with Crippen molar-refractivity contribution in [3.8, 4) is 5.75 Å². The van der Waals surface area contributed by atoms with Crippen LogP contribution in [-0.4, -0.2) is 19.8 Å². The Labute approximate surface area is 104 Å². The molecule has 0 amide bonds. The number of hydrogen-bond donors (Lipinski definition) is 1. The molecular weight excluding hydrogens is 214 g/mol. The van der Waals surface area contributed by atoms with Gasteiger partial charge in [-0.2, -0.15) is 0 Å². The maximum absolute atomic E-state index is 5.59. The van der Waals surface area contributed by atoms with E-state index in [1.54, 1.807) is 0 Å². The van der Waals surface area contributed by atoms with Gasteiger partial charge in [-0.3, -0.25) is 0 Å². The molecule has 0 heterocycles. The summed E-state index contributed by atoms with van der Waals surface area (Å²) in [5.41, 5.74) is 6.35. The summed E-state index contributed by atoms with van der Waals surface area (Å²) in [6, 6.07) is 7.46. The molecule has 1 rings (SSSR count). The summed E-state index contributed by atoms with van der Waals surface area (Å²) in [5, 5.41) is 0. The highest BCUT2D eigenvalue weighted by atomic mass is 16.5. The molecule has 3 heteroatoms. The normalized spacial score (nSPS) is 10.4. The molecule has 0 aliphatic heterocycles. The van der Waals surface area contributed by atoms with E-state index in [2.05, 4.69) is 6.92 Å². The molecule has 0 bridgehead atoms. The van der Waals surface area contributed by atoms with E-state index in [4.69, 9.17) is 15.2 Å². The smallest absolute Gasteiger partial charge is 0.119 e. The third-order valence-corrected chi connectivity index (χ3v) is 2.47. The van der Waals surface area contributed by atoms with Crippen LogP contribution in [-0.2, 0) is 4.74 Å². The Bertz CT molecular complexity index is 285. The van der Waals surface area contributed by atoms with Crippen LogP contribution in [0.3, 0.4) is 0 Å². The molecule has 0 unspecified atom stereocenters. The van der Waals surface area contributed by atoms with Gasteiger partial charge in [-0.1, -0.05) is 19.8 Å². The molecule has 0 spiro atoms. The quantitative estimate of drug-likeness (QED) is 0.529. The molecule has 2 N–H and O–H groups in total. The van der Waals surface area contributed by atoms with E-state index in [9.17, 15) is 0 Å². The summed E-state index contributed by atoms with van der Waals surface area (Å²) in [5.74, 6) is 0.866. The van der Waals surface area contributed by atoms with Crippen molar-refractivity contribution in [3.05, 3.63) is 24.3 Å². The van der Waals surface area contributed by atoms with E-state index in [0.29, 0.717) is 6.61 Å². The minimum atomic E-state index is 0.692. The topological polar surface area (TPSA) is 44.5 Å². The van der Waals surface area contributed by atoms with Gasteiger partial charge >= 0.3 is 0 Å². The molecule has 0 saturated carbocycles. The fourth-order valence-electron chi connectivity index (χ4n) is 1.47. The van der Waals surface area contributed by atoms with Crippen LogP contribution < -0.4 is 10.5 Å². The number of unbranched alkanes of at least 4 members (excludes halogenated alkanes) is 2. The van der Waals surface area contributed by atoms with Gasteiger partial charge in [-0.05, 0) is 30.7 Å². The molecule has 96 valence electrons. The first-order valence-electron chi connectivity index (χ1n) is 6.39. The number of nitrogens with two attached hydrogens (primary N) is 1. The number of ether oxygens (including phenoxy) is 2. The van der Waals surface area contributed by atoms with Gasteiger partial charge in [0.25, 0.3) is 0 Å². The molecule has 1 aromatic carbocycles. The van der Waals surface area contributed by atoms with E-state index in [0.717, 1.165) is 37.5 Å². The lowest BCUT2D eigenvalue weighted by Gasteiger charge is -2.07. The third-order valence-electron chi connectivity index (χ3n) is 2.47. The zero-order valence-electron chi connectivity index (χ0n) is 10.7. The summed E-state index contributed by atoms with van der Waals surface area (Å²) < 4.78 is 11.0. The minimum Gasteiger partial charge on any atom is -0.494 e. The fraction of sp³-hybridized carbons (Fsp3) is 0.571. The summed E-state index contributed by atoms with van der Waals surface area (Å²) in [6.45, 7) is 4.53. The predicted molar refractivity (Wildman–Crippen MR) is 71.3 cm³/mol. The van der Waals surface area contributed by atoms with E-state index in [1.165, 1.54) is 12.8 Å². The molecule has 0 aromatic heterocycles. The minimum absolute atomic E-state index is 0.692. The van der Waals surface area contributed by atoms with Crippen molar-refractivity contribution in [2.75, 3.05) is 25.6 Å². The summed E-state index contributed by atoms with van der Waals surface area (Å²) in [7, 11) is 0. The van der Waals surface area contributed by atoms with Crippen molar-refractivity contribution in [1.82, 2.24) is 0 Å². The standard InChI is InChI=1S/C14H23NO2/c1-2-3-4-10-16-11-5-12-17-14-8-6-13(15)7-9-14/h6-9H,2-5,10-12,15H2,1H3. The molecule has 0 saturated heterocycles. The molecule has 17 heavy (non-hydrogen) atoms.